The Balaban J connectivity index is 2.54. The molecule has 0 aromatic heterocycles. The summed E-state index contributed by atoms with van der Waals surface area (Å²) in [4.78, 5) is 12.0. The Morgan fingerprint density at radius 1 is 1.24 bits per heavy atom. The van der Waals surface area contributed by atoms with Crippen LogP contribution >= 0.6 is 11.6 Å². The molecule has 0 aliphatic carbocycles. The molecule has 0 amide bonds. The lowest BCUT2D eigenvalue weighted by Gasteiger charge is -2.13. The van der Waals surface area contributed by atoms with Crippen molar-refractivity contribution in [3.05, 3.63) is 34.9 Å². The van der Waals surface area contributed by atoms with Crippen molar-refractivity contribution < 1.29 is 4.79 Å². The van der Waals surface area contributed by atoms with E-state index >= 15 is 0 Å². The van der Waals surface area contributed by atoms with Crippen molar-refractivity contribution in [3.8, 4) is 0 Å². The lowest BCUT2D eigenvalue weighted by Crippen LogP contribution is -2.08. The Labute approximate surface area is 109 Å². The van der Waals surface area contributed by atoms with Crippen molar-refractivity contribution in [3.63, 3.8) is 0 Å². The fourth-order valence-corrected chi connectivity index (χ4v) is 2.09. The summed E-state index contributed by atoms with van der Waals surface area (Å²) in [6, 6.07) is 7.19. The monoisotopic (exact) mass is 252 g/mol. The van der Waals surface area contributed by atoms with Crippen molar-refractivity contribution in [2.75, 3.05) is 0 Å². The molecule has 0 aliphatic rings. The lowest BCUT2D eigenvalue weighted by molar-refractivity contribution is 0.0957. The zero-order valence-corrected chi connectivity index (χ0v) is 11.5. The molecule has 0 N–H and O–H groups in total. The molecule has 94 valence electrons. The molecule has 0 fully saturated rings. The molecule has 1 aromatic rings. The van der Waals surface area contributed by atoms with E-state index in [9.17, 15) is 4.79 Å². The van der Waals surface area contributed by atoms with Crippen LogP contribution in [0.1, 0.15) is 56.3 Å². The van der Waals surface area contributed by atoms with Gasteiger partial charge in [-0.05, 0) is 30.2 Å². The second kappa shape index (κ2) is 7.50. The summed E-state index contributed by atoms with van der Waals surface area (Å²) in [6.07, 6.45) is 5.32. The summed E-state index contributed by atoms with van der Waals surface area (Å²) in [6.45, 7) is 4.35. The predicted molar refractivity (Wildman–Crippen MR) is 73.7 cm³/mol. The van der Waals surface area contributed by atoms with E-state index < -0.39 is 0 Å². The fraction of sp³-hybridized carbons (Fsp3) is 0.533. The normalized spacial score (nSPS) is 12.4. The summed E-state index contributed by atoms with van der Waals surface area (Å²) < 4.78 is 0. The second-order valence-electron chi connectivity index (χ2n) is 4.55. The third-order valence-corrected chi connectivity index (χ3v) is 3.44. The van der Waals surface area contributed by atoms with Crippen LogP contribution in [0.2, 0.25) is 5.02 Å². The van der Waals surface area contributed by atoms with E-state index in [2.05, 4.69) is 13.8 Å². The van der Waals surface area contributed by atoms with Crippen LogP contribution in [-0.4, -0.2) is 5.78 Å². The first-order valence-electron chi connectivity index (χ1n) is 6.46. The summed E-state index contributed by atoms with van der Waals surface area (Å²) >= 11 is 5.81. The van der Waals surface area contributed by atoms with Crippen LogP contribution in [0.3, 0.4) is 0 Å². The number of carbonyl (C=O) groups excluding carboxylic acids is 1. The standard InChI is InChI=1S/C15H21ClO/c1-3-5-6-12(4-2)11-15(17)13-7-9-14(16)10-8-13/h7-10,12H,3-6,11H2,1-2H3. The van der Waals surface area contributed by atoms with E-state index in [0.29, 0.717) is 17.4 Å². The third kappa shape index (κ3) is 4.91. The van der Waals surface area contributed by atoms with Crippen molar-refractivity contribution in [1.29, 1.82) is 0 Å². The van der Waals surface area contributed by atoms with Gasteiger partial charge in [-0.1, -0.05) is 51.1 Å². The zero-order chi connectivity index (χ0) is 12.7. The topological polar surface area (TPSA) is 17.1 Å². The highest BCUT2D eigenvalue weighted by molar-refractivity contribution is 6.30. The van der Waals surface area contributed by atoms with Crippen LogP contribution in [0, 0.1) is 5.92 Å². The number of carbonyl (C=O) groups is 1. The minimum atomic E-state index is 0.240. The lowest BCUT2D eigenvalue weighted by atomic mass is 9.91. The number of halogens is 1. The van der Waals surface area contributed by atoms with Crippen LogP contribution in [0.25, 0.3) is 0 Å². The van der Waals surface area contributed by atoms with Crippen LogP contribution in [0.15, 0.2) is 24.3 Å². The fourth-order valence-electron chi connectivity index (χ4n) is 1.96. The highest BCUT2D eigenvalue weighted by Gasteiger charge is 2.13. The van der Waals surface area contributed by atoms with Gasteiger partial charge < -0.3 is 0 Å². The molecular weight excluding hydrogens is 232 g/mol. The molecule has 0 saturated carbocycles. The molecule has 0 heterocycles. The second-order valence-corrected chi connectivity index (χ2v) is 4.99. The van der Waals surface area contributed by atoms with Crippen molar-refractivity contribution >= 4 is 17.4 Å². The van der Waals surface area contributed by atoms with Crippen molar-refractivity contribution in [2.45, 2.75) is 46.0 Å². The Kier molecular flexibility index (Phi) is 6.28. The molecule has 0 saturated heterocycles. The van der Waals surface area contributed by atoms with Crippen LogP contribution in [0.5, 0.6) is 0 Å². The Bertz CT molecular complexity index is 342. The number of hydrogen-bond acceptors (Lipinski definition) is 1. The molecule has 1 rings (SSSR count). The largest absolute Gasteiger partial charge is 0.294 e. The van der Waals surface area contributed by atoms with Gasteiger partial charge in [0.25, 0.3) is 0 Å². The first-order valence-corrected chi connectivity index (χ1v) is 6.83. The molecule has 1 nitrogen and oxygen atoms in total. The summed E-state index contributed by atoms with van der Waals surface area (Å²) in [7, 11) is 0. The van der Waals surface area contributed by atoms with Gasteiger partial charge in [0.2, 0.25) is 0 Å². The van der Waals surface area contributed by atoms with E-state index in [1.54, 1.807) is 12.1 Å². The molecular formula is C15H21ClO. The first-order chi connectivity index (χ1) is 8.17. The molecule has 1 aromatic carbocycles. The van der Waals surface area contributed by atoms with Crippen LogP contribution < -0.4 is 0 Å². The molecule has 2 heteroatoms. The quantitative estimate of drug-likeness (QED) is 0.615. The van der Waals surface area contributed by atoms with Gasteiger partial charge in [-0.3, -0.25) is 4.79 Å². The number of Topliss-reactive ketones (excluding diaryl/α,β-unsaturated/α-hetero) is 1. The van der Waals surface area contributed by atoms with Crippen LogP contribution in [0.4, 0.5) is 0 Å². The van der Waals surface area contributed by atoms with Gasteiger partial charge in [0, 0.05) is 17.0 Å². The number of rotatable bonds is 7. The van der Waals surface area contributed by atoms with Gasteiger partial charge in [0.15, 0.2) is 5.78 Å². The summed E-state index contributed by atoms with van der Waals surface area (Å²) in [5.74, 6) is 0.766. The minimum Gasteiger partial charge on any atom is -0.294 e. The zero-order valence-electron chi connectivity index (χ0n) is 10.7. The Hall–Kier alpha value is -0.820. The molecule has 1 atom stereocenters. The van der Waals surface area contributed by atoms with Crippen LogP contribution in [-0.2, 0) is 0 Å². The third-order valence-electron chi connectivity index (χ3n) is 3.18. The highest BCUT2D eigenvalue weighted by atomic mass is 35.5. The first kappa shape index (κ1) is 14.2. The molecule has 0 radical (unpaired) electrons. The number of unbranched alkanes of at least 4 members (excludes halogenated alkanes) is 1. The molecule has 0 bridgehead atoms. The minimum absolute atomic E-state index is 0.240. The maximum Gasteiger partial charge on any atom is 0.163 e. The van der Waals surface area contributed by atoms with Gasteiger partial charge in [-0.25, -0.2) is 0 Å². The number of ketones is 1. The van der Waals surface area contributed by atoms with Crippen molar-refractivity contribution in [2.24, 2.45) is 5.92 Å². The van der Waals surface area contributed by atoms with E-state index in [-0.39, 0.29) is 5.78 Å². The summed E-state index contributed by atoms with van der Waals surface area (Å²) in [5, 5.41) is 0.680. The average Bonchev–Trinajstić information content (AvgIpc) is 2.35. The SMILES string of the molecule is CCCCC(CC)CC(=O)c1ccc(Cl)cc1. The van der Waals surface area contributed by atoms with E-state index in [1.807, 2.05) is 12.1 Å². The Morgan fingerprint density at radius 3 is 2.41 bits per heavy atom. The maximum absolute atomic E-state index is 12.0. The molecule has 1 unspecified atom stereocenters. The smallest absolute Gasteiger partial charge is 0.163 e. The van der Waals surface area contributed by atoms with Gasteiger partial charge >= 0.3 is 0 Å². The Morgan fingerprint density at radius 2 is 1.88 bits per heavy atom. The molecule has 0 spiro atoms. The number of benzene rings is 1. The molecule has 17 heavy (non-hydrogen) atoms. The van der Waals surface area contributed by atoms with E-state index in [1.165, 1.54) is 12.8 Å². The highest BCUT2D eigenvalue weighted by Crippen LogP contribution is 2.20. The van der Waals surface area contributed by atoms with Gasteiger partial charge in [0.05, 0.1) is 0 Å². The van der Waals surface area contributed by atoms with E-state index in [0.717, 1.165) is 18.4 Å². The van der Waals surface area contributed by atoms with Gasteiger partial charge in [-0.2, -0.15) is 0 Å². The van der Waals surface area contributed by atoms with Gasteiger partial charge in [-0.15, -0.1) is 0 Å². The maximum atomic E-state index is 12.0. The van der Waals surface area contributed by atoms with E-state index in [4.69, 9.17) is 11.6 Å². The predicted octanol–water partition coefficient (Wildman–Crippen LogP) is 5.13. The van der Waals surface area contributed by atoms with Gasteiger partial charge in [0.1, 0.15) is 0 Å². The van der Waals surface area contributed by atoms with Crippen molar-refractivity contribution in [1.82, 2.24) is 0 Å². The summed E-state index contributed by atoms with van der Waals surface area (Å²) in [5.41, 5.74) is 0.782. The number of hydrogen-bond donors (Lipinski definition) is 0. The average molecular weight is 253 g/mol. The molecule has 0 aliphatic heterocycles.